The van der Waals surface area contributed by atoms with Crippen molar-refractivity contribution >= 4 is 78.0 Å². The van der Waals surface area contributed by atoms with Gasteiger partial charge in [0, 0.05) is 43.3 Å². The molecule has 4 heteroatoms. The molecule has 2 aliphatic heterocycles. The number of rotatable bonds is 2. The number of para-hydroxylation sites is 1. The smallest absolute Gasteiger partial charge is 0.264 e. The fraction of sp³-hybridized carbons (Fsp3) is 0.333. The molecule has 2 nitrogen and oxygen atoms in total. The predicted octanol–water partition coefficient (Wildman–Crippen LogP) is 11.7. The number of hydrogen-bond donors (Lipinski definition) is 0. The highest BCUT2D eigenvalue weighted by atomic mass is 32.1. The second-order valence-corrected chi connectivity index (χ2v) is 19.8. The fourth-order valence-electron chi connectivity index (χ4n) is 10.3. The molecule has 0 fully saturated rings. The van der Waals surface area contributed by atoms with Crippen LogP contribution in [0.15, 0.2) is 103 Å². The van der Waals surface area contributed by atoms with E-state index in [0.29, 0.717) is 0 Å². The highest BCUT2D eigenvalue weighted by Crippen LogP contribution is 2.53. The van der Waals surface area contributed by atoms with E-state index in [4.69, 9.17) is 0 Å². The average Bonchev–Trinajstić information content (AvgIpc) is 3.51. The van der Waals surface area contributed by atoms with Crippen LogP contribution in [0.4, 0.5) is 34.1 Å². The zero-order chi connectivity index (χ0) is 35.9. The SMILES string of the molecule is CC1(C)CCC(C)(C)c2cc(N3c4cc5c(cc4B4c6sc7ccccc7c6N(c6ccccc6)c6cccc3c64)C(C)(C)CCC5(C)C)ccc21. The Labute approximate surface area is 314 Å². The van der Waals surface area contributed by atoms with Gasteiger partial charge >= 0.3 is 0 Å². The lowest BCUT2D eigenvalue weighted by atomic mass is 9.35. The first-order valence-corrected chi connectivity index (χ1v) is 20.2. The number of nitrogens with zero attached hydrogens (tertiary/aromatic N) is 2. The largest absolute Gasteiger partial charge is 0.311 e. The van der Waals surface area contributed by atoms with E-state index in [2.05, 4.69) is 168 Å². The zero-order valence-electron chi connectivity index (χ0n) is 32.0. The summed E-state index contributed by atoms with van der Waals surface area (Å²) in [6.07, 6.45) is 4.82. The summed E-state index contributed by atoms with van der Waals surface area (Å²) in [5, 5.41) is 1.34. The Balaban J connectivity index is 1.32. The molecule has 3 heterocycles. The molecule has 1 aromatic heterocycles. The van der Waals surface area contributed by atoms with Crippen molar-refractivity contribution in [1.82, 2.24) is 0 Å². The molecular weight excluding hydrogens is 647 g/mol. The van der Waals surface area contributed by atoms with Crippen LogP contribution in [-0.4, -0.2) is 6.71 Å². The van der Waals surface area contributed by atoms with E-state index in [1.165, 1.54) is 108 Å². The Morgan fingerprint density at radius 2 is 1.08 bits per heavy atom. The lowest BCUT2D eigenvalue weighted by Gasteiger charge is -2.47. The maximum absolute atomic E-state index is 2.67. The van der Waals surface area contributed by atoms with Gasteiger partial charge in [-0.2, -0.15) is 0 Å². The van der Waals surface area contributed by atoms with Gasteiger partial charge in [-0.15, -0.1) is 11.3 Å². The number of hydrogen-bond acceptors (Lipinski definition) is 3. The van der Waals surface area contributed by atoms with Gasteiger partial charge in [-0.25, -0.2) is 0 Å². The molecule has 6 aromatic rings. The van der Waals surface area contributed by atoms with Gasteiger partial charge in [-0.3, -0.25) is 0 Å². The topological polar surface area (TPSA) is 6.48 Å². The first kappa shape index (κ1) is 32.4. The van der Waals surface area contributed by atoms with E-state index < -0.39 is 0 Å². The van der Waals surface area contributed by atoms with E-state index in [0.717, 1.165) is 0 Å². The van der Waals surface area contributed by atoms with E-state index in [9.17, 15) is 0 Å². The minimum Gasteiger partial charge on any atom is -0.311 e. The summed E-state index contributed by atoms with van der Waals surface area (Å²) < 4.78 is 2.80. The summed E-state index contributed by atoms with van der Waals surface area (Å²) in [5.41, 5.74) is 17.2. The van der Waals surface area contributed by atoms with Crippen molar-refractivity contribution in [2.45, 2.75) is 103 Å². The first-order valence-electron chi connectivity index (χ1n) is 19.4. The van der Waals surface area contributed by atoms with Crippen molar-refractivity contribution in [1.29, 1.82) is 0 Å². The third kappa shape index (κ3) is 4.43. The molecular formula is C48H49BN2S. The molecule has 0 amide bonds. The monoisotopic (exact) mass is 696 g/mol. The number of benzene rings is 5. The minimum atomic E-state index is 0.106. The van der Waals surface area contributed by atoms with Gasteiger partial charge in [0.25, 0.3) is 6.71 Å². The summed E-state index contributed by atoms with van der Waals surface area (Å²) in [4.78, 5) is 5.22. The molecule has 0 saturated heterocycles. The molecule has 0 unspecified atom stereocenters. The van der Waals surface area contributed by atoms with Gasteiger partial charge in [0.05, 0.1) is 5.69 Å². The summed E-state index contributed by atoms with van der Waals surface area (Å²) in [7, 11) is 0. The van der Waals surface area contributed by atoms with Crippen LogP contribution in [0.25, 0.3) is 10.1 Å². The Morgan fingerprint density at radius 1 is 0.500 bits per heavy atom. The molecule has 0 atom stereocenters. The lowest BCUT2D eigenvalue weighted by molar-refractivity contribution is 0.332. The van der Waals surface area contributed by atoms with Crippen LogP contribution in [0, 0.1) is 0 Å². The zero-order valence-corrected chi connectivity index (χ0v) is 32.8. The van der Waals surface area contributed by atoms with Crippen LogP contribution in [-0.2, 0) is 21.7 Å². The molecule has 2 aliphatic carbocycles. The normalized spacial score (nSPS) is 19.7. The molecule has 4 aliphatic rings. The van der Waals surface area contributed by atoms with Crippen LogP contribution < -0.4 is 25.5 Å². The number of anilines is 6. The summed E-state index contributed by atoms with van der Waals surface area (Å²) in [5.74, 6) is 0. The Morgan fingerprint density at radius 3 is 1.77 bits per heavy atom. The molecule has 0 bridgehead atoms. The van der Waals surface area contributed by atoms with E-state index in [1.54, 1.807) is 0 Å². The summed E-state index contributed by atoms with van der Waals surface area (Å²) in [6, 6.07) is 40.0. The maximum Gasteiger partial charge on any atom is 0.264 e. The Bertz CT molecular complexity index is 2450. The molecule has 0 spiro atoms. The highest BCUT2D eigenvalue weighted by Gasteiger charge is 2.48. The molecule has 10 rings (SSSR count). The van der Waals surface area contributed by atoms with Crippen molar-refractivity contribution in [3.05, 3.63) is 125 Å². The van der Waals surface area contributed by atoms with Gasteiger partial charge in [-0.05, 0) is 129 Å². The van der Waals surface area contributed by atoms with Crippen LogP contribution in [0.5, 0.6) is 0 Å². The minimum absolute atomic E-state index is 0.106. The molecule has 5 aromatic carbocycles. The van der Waals surface area contributed by atoms with Crippen molar-refractivity contribution in [3.8, 4) is 0 Å². The van der Waals surface area contributed by atoms with E-state index >= 15 is 0 Å². The highest BCUT2D eigenvalue weighted by molar-refractivity contribution is 7.33. The third-order valence-electron chi connectivity index (χ3n) is 13.6. The molecule has 0 N–H and O–H groups in total. The van der Waals surface area contributed by atoms with Gasteiger partial charge in [-0.1, -0.05) is 110 Å². The van der Waals surface area contributed by atoms with E-state index in [-0.39, 0.29) is 28.4 Å². The van der Waals surface area contributed by atoms with Gasteiger partial charge in [0.2, 0.25) is 0 Å². The predicted molar refractivity (Wildman–Crippen MR) is 226 cm³/mol. The number of thiophene rings is 1. The quantitative estimate of drug-likeness (QED) is 0.166. The average molecular weight is 697 g/mol. The Hall–Kier alpha value is -4.28. The van der Waals surface area contributed by atoms with Crippen molar-refractivity contribution in [2.75, 3.05) is 9.80 Å². The maximum atomic E-state index is 2.67. The number of fused-ring (bicyclic) bond motifs is 8. The fourth-order valence-corrected chi connectivity index (χ4v) is 11.6. The summed E-state index contributed by atoms with van der Waals surface area (Å²) in [6.45, 7) is 19.8. The second kappa shape index (κ2) is 10.7. The van der Waals surface area contributed by atoms with Crippen molar-refractivity contribution in [3.63, 3.8) is 0 Å². The first-order chi connectivity index (χ1) is 24.8. The van der Waals surface area contributed by atoms with Crippen LogP contribution >= 0.6 is 11.3 Å². The van der Waals surface area contributed by atoms with Crippen LogP contribution in [0.3, 0.4) is 0 Å². The lowest BCUT2D eigenvalue weighted by Crippen LogP contribution is -2.61. The standard InChI is InChI=1S/C48H49BN2S/c1-45(2)23-24-46(3,4)34-27-31(21-22-33(34)45)50-38-18-14-19-39-42(38)49(37-28-35-36(29-40(37)50)48(7,8)26-25-47(35,5)6)44-43(32-17-12-13-20-41(32)52-44)51(39)30-15-10-9-11-16-30/h9-22,27-29H,23-26H2,1-8H3. The van der Waals surface area contributed by atoms with Crippen LogP contribution in [0.1, 0.15) is 103 Å². The van der Waals surface area contributed by atoms with Gasteiger partial charge < -0.3 is 9.80 Å². The van der Waals surface area contributed by atoms with Gasteiger partial charge in [0.1, 0.15) is 0 Å². The Kier molecular flexibility index (Phi) is 6.64. The van der Waals surface area contributed by atoms with Crippen molar-refractivity contribution < 1.29 is 0 Å². The van der Waals surface area contributed by atoms with E-state index in [1.807, 2.05) is 11.3 Å². The third-order valence-corrected chi connectivity index (χ3v) is 14.8. The van der Waals surface area contributed by atoms with Crippen molar-refractivity contribution in [2.24, 2.45) is 0 Å². The summed E-state index contributed by atoms with van der Waals surface area (Å²) >= 11 is 1.99. The second-order valence-electron chi connectivity index (χ2n) is 18.7. The molecule has 0 radical (unpaired) electrons. The molecule has 0 saturated carbocycles. The molecule has 260 valence electrons. The molecule has 52 heavy (non-hydrogen) atoms. The van der Waals surface area contributed by atoms with Crippen LogP contribution in [0.2, 0.25) is 0 Å². The van der Waals surface area contributed by atoms with Gasteiger partial charge in [0.15, 0.2) is 0 Å².